The topological polar surface area (TPSA) is 80.7 Å². The monoisotopic (exact) mass is 336 g/mol. The molecule has 21 heavy (non-hydrogen) atoms. The van der Waals surface area contributed by atoms with Crippen LogP contribution in [0.15, 0.2) is 47.9 Å². The summed E-state index contributed by atoms with van der Waals surface area (Å²) in [7, 11) is -4.27. The van der Waals surface area contributed by atoms with Gasteiger partial charge < -0.3 is 6.16 Å². The first kappa shape index (κ1) is 20.7. The number of allylic oxidation sites excluding steroid dienone is 1. The van der Waals surface area contributed by atoms with Crippen molar-refractivity contribution < 1.29 is 75.3 Å². The second-order valence-corrected chi connectivity index (χ2v) is 5.45. The summed E-state index contributed by atoms with van der Waals surface area (Å²) in [5, 5.41) is 0. The van der Waals surface area contributed by atoms with Crippen LogP contribution >= 0.6 is 0 Å². The van der Waals surface area contributed by atoms with Gasteiger partial charge in [0.2, 0.25) is 0 Å². The number of rotatable bonds is 7. The maximum Gasteiger partial charge on any atom is 1.00 e. The quantitative estimate of drug-likeness (QED) is 0.240. The summed E-state index contributed by atoms with van der Waals surface area (Å²) in [5.41, 5.74) is 0.670. The van der Waals surface area contributed by atoms with Gasteiger partial charge in [-0.15, -0.1) is 0 Å². The number of carbonyl (C=O) groups excluding carboxylic acids is 1. The Balaban J connectivity index is 0. The van der Waals surface area contributed by atoms with E-state index in [1.165, 1.54) is 6.08 Å². The molecule has 0 radical (unpaired) electrons. The van der Waals surface area contributed by atoms with Crippen molar-refractivity contribution >= 4 is 22.2 Å². The predicted molar refractivity (Wildman–Crippen MR) is 77.5 cm³/mol. The van der Waals surface area contributed by atoms with E-state index >= 15 is 0 Å². The Bertz CT molecular complexity index is 599. The standard InChI is InChI=1S/C14H16O5S.K.H/c1-2-14(15)19-10-6-9-13(20(16,17)18)11-12-7-4-3-5-8-12;;/h2-5,7-8,11H,1,6,9-10H2,(H,16,17,18);;/q;+1;-1. The molecule has 0 amide bonds. The summed E-state index contributed by atoms with van der Waals surface area (Å²) < 4.78 is 36.5. The first-order chi connectivity index (χ1) is 9.43. The average molecular weight is 336 g/mol. The number of esters is 1. The maximum atomic E-state index is 11.3. The molecule has 1 N–H and O–H groups in total. The Morgan fingerprint density at radius 3 is 2.48 bits per heavy atom. The SMILES string of the molecule is C=CC(=O)OCCCC(=Cc1ccccc1)S(=O)(=O)O.[H-].[K+]. The van der Waals surface area contributed by atoms with Crippen LogP contribution in [0.4, 0.5) is 0 Å². The van der Waals surface area contributed by atoms with E-state index in [0.717, 1.165) is 6.08 Å². The van der Waals surface area contributed by atoms with E-state index < -0.39 is 16.1 Å². The van der Waals surface area contributed by atoms with Crippen LogP contribution in [0.25, 0.3) is 6.08 Å². The van der Waals surface area contributed by atoms with Crippen molar-refractivity contribution in [3.05, 3.63) is 53.5 Å². The van der Waals surface area contributed by atoms with Crippen molar-refractivity contribution in [2.75, 3.05) is 6.61 Å². The molecule has 0 saturated heterocycles. The number of hydrogen-bond acceptors (Lipinski definition) is 4. The molecule has 5 nitrogen and oxygen atoms in total. The zero-order valence-corrected chi connectivity index (χ0v) is 15.8. The summed E-state index contributed by atoms with van der Waals surface area (Å²) in [5.74, 6) is -0.564. The van der Waals surface area contributed by atoms with Gasteiger partial charge in [-0.05, 0) is 24.5 Å². The third-order valence-corrected chi connectivity index (χ3v) is 3.42. The molecule has 1 aromatic carbocycles. The minimum atomic E-state index is -4.27. The molecular weight excluding hydrogens is 319 g/mol. The fraction of sp³-hybridized carbons (Fsp3) is 0.214. The molecule has 0 aliphatic heterocycles. The van der Waals surface area contributed by atoms with Gasteiger partial charge in [0.15, 0.2) is 0 Å². The van der Waals surface area contributed by atoms with Crippen molar-refractivity contribution in [3.8, 4) is 0 Å². The molecule has 0 heterocycles. The van der Waals surface area contributed by atoms with Crippen molar-refractivity contribution in [1.29, 1.82) is 0 Å². The molecule has 0 aromatic heterocycles. The molecule has 7 heteroatoms. The molecule has 0 aliphatic carbocycles. The van der Waals surface area contributed by atoms with E-state index in [1.807, 2.05) is 0 Å². The molecule has 0 bridgehead atoms. The second-order valence-electron chi connectivity index (χ2n) is 3.97. The number of hydrogen-bond donors (Lipinski definition) is 1. The van der Waals surface area contributed by atoms with Gasteiger partial charge in [-0.2, -0.15) is 8.42 Å². The Hall–Kier alpha value is -0.284. The van der Waals surface area contributed by atoms with Crippen molar-refractivity contribution in [2.24, 2.45) is 0 Å². The normalized spacial score (nSPS) is 11.4. The maximum absolute atomic E-state index is 11.3. The van der Waals surface area contributed by atoms with Gasteiger partial charge in [0, 0.05) is 6.08 Å². The molecule has 0 saturated carbocycles. The second kappa shape index (κ2) is 10.4. The summed E-state index contributed by atoms with van der Waals surface area (Å²) in [6.45, 7) is 3.31. The van der Waals surface area contributed by atoms with Gasteiger partial charge in [0.05, 0.1) is 11.5 Å². The Morgan fingerprint density at radius 2 is 1.95 bits per heavy atom. The van der Waals surface area contributed by atoms with Crippen molar-refractivity contribution in [2.45, 2.75) is 12.8 Å². The molecular formula is C14H17KO5S. The van der Waals surface area contributed by atoms with Gasteiger partial charge in [-0.25, -0.2) is 4.79 Å². The largest absolute Gasteiger partial charge is 1.00 e. The van der Waals surface area contributed by atoms with Gasteiger partial charge >= 0.3 is 57.4 Å². The summed E-state index contributed by atoms with van der Waals surface area (Å²) in [6, 6.07) is 8.78. The smallest absolute Gasteiger partial charge is 1.00 e. The van der Waals surface area contributed by atoms with Crippen LogP contribution in [0.1, 0.15) is 19.8 Å². The van der Waals surface area contributed by atoms with E-state index in [2.05, 4.69) is 6.58 Å². The third kappa shape index (κ3) is 8.67. The Kier molecular flexibility index (Phi) is 10.3. The third-order valence-electron chi connectivity index (χ3n) is 2.44. The van der Waals surface area contributed by atoms with E-state index in [-0.39, 0.29) is 77.2 Å². The summed E-state index contributed by atoms with van der Waals surface area (Å²) >= 11 is 0. The number of carbonyl (C=O) groups is 1. The Labute approximate surface area is 168 Å². The van der Waals surface area contributed by atoms with Crippen molar-refractivity contribution in [1.82, 2.24) is 0 Å². The fourth-order valence-corrected chi connectivity index (χ4v) is 2.18. The van der Waals surface area contributed by atoms with Gasteiger partial charge in [-0.3, -0.25) is 4.55 Å². The van der Waals surface area contributed by atoms with Crippen LogP contribution in [0, 0.1) is 0 Å². The molecule has 0 atom stereocenters. The van der Waals surface area contributed by atoms with E-state index in [0.29, 0.717) is 5.56 Å². The van der Waals surface area contributed by atoms with Crippen LogP contribution in [0.3, 0.4) is 0 Å². The molecule has 1 rings (SSSR count). The van der Waals surface area contributed by atoms with Gasteiger partial charge in [-0.1, -0.05) is 36.9 Å². The predicted octanol–water partition coefficient (Wildman–Crippen LogP) is -0.459. The van der Waals surface area contributed by atoms with Crippen LogP contribution < -0.4 is 51.4 Å². The fourth-order valence-electron chi connectivity index (χ4n) is 1.49. The minimum absolute atomic E-state index is 0. The minimum Gasteiger partial charge on any atom is -1.00 e. The molecule has 0 unspecified atom stereocenters. The van der Waals surface area contributed by atoms with Crippen LogP contribution in [0.5, 0.6) is 0 Å². The van der Waals surface area contributed by atoms with Crippen LogP contribution in [0.2, 0.25) is 0 Å². The van der Waals surface area contributed by atoms with Gasteiger partial charge in [0.25, 0.3) is 10.1 Å². The van der Waals surface area contributed by atoms with Crippen molar-refractivity contribution in [3.63, 3.8) is 0 Å². The molecule has 0 fully saturated rings. The number of benzene rings is 1. The van der Waals surface area contributed by atoms with Gasteiger partial charge in [0.1, 0.15) is 0 Å². The first-order valence-electron chi connectivity index (χ1n) is 5.96. The van der Waals surface area contributed by atoms with E-state index in [4.69, 9.17) is 4.74 Å². The molecule has 1 aromatic rings. The van der Waals surface area contributed by atoms with Crippen LogP contribution in [-0.2, 0) is 19.6 Å². The average Bonchev–Trinajstić information content (AvgIpc) is 2.41. The molecule has 110 valence electrons. The van der Waals surface area contributed by atoms with E-state index in [9.17, 15) is 17.8 Å². The Morgan fingerprint density at radius 1 is 1.33 bits per heavy atom. The zero-order chi connectivity index (χ0) is 15.0. The summed E-state index contributed by atoms with van der Waals surface area (Å²) in [4.78, 5) is 10.7. The van der Waals surface area contributed by atoms with Crippen LogP contribution in [-0.4, -0.2) is 25.5 Å². The molecule has 0 aliphatic rings. The molecule has 0 spiro atoms. The first-order valence-corrected chi connectivity index (χ1v) is 7.40. The zero-order valence-electron chi connectivity index (χ0n) is 12.9. The number of ether oxygens (including phenoxy) is 1. The van der Waals surface area contributed by atoms with E-state index in [1.54, 1.807) is 30.3 Å². The summed E-state index contributed by atoms with van der Waals surface area (Å²) in [6.07, 6.45) is 2.80.